The predicted molar refractivity (Wildman–Crippen MR) is 58.8 cm³/mol. The van der Waals surface area contributed by atoms with Crippen molar-refractivity contribution in [2.24, 2.45) is 11.3 Å². The second-order valence-electron chi connectivity index (χ2n) is 4.52. The van der Waals surface area contributed by atoms with Crippen LogP contribution in [0.15, 0.2) is 0 Å². The van der Waals surface area contributed by atoms with Crippen LogP contribution in [0.25, 0.3) is 0 Å². The van der Waals surface area contributed by atoms with E-state index >= 15 is 0 Å². The molecule has 0 amide bonds. The minimum atomic E-state index is 0.719. The van der Waals surface area contributed by atoms with Gasteiger partial charge in [-0.05, 0) is 24.2 Å². The SMILES string of the molecule is CCCCCCC1(C)CC1CBr. The Morgan fingerprint density at radius 2 is 2.08 bits per heavy atom. The van der Waals surface area contributed by atoms with E-state index in [2.05, 4.69) is 29.8 Å². The molecular formula is C11H21Br. The molecule has 0 radical (unpaired) electrons. The topological polar surface area (TPSA) is 0 Å². The van der Waals surface area contributed by atoms with E-state index in [1.54, 1.807) is 0 Å². The molecule has 1 fully saturated rings. The predicted octanol–water partition coefficient (Wildman–Crippen LogP) is 4.38. The lowest BCUT2D eigenvalue weighted by atomic mass is 9.98. The van der Waals surface area contributed by atoms with Gasteiger partial charge in [0.1, 0.15) is 0 Å². The summed E-state index contributed by atoms with van der Waals surface area (Å²) in [5, 5.41) is 1.22. The van der Waals surface area contributed by atoms with E-state index in [0.29, 0.717) is 0 Å². The number of alkyl halides is 1. The molecule has 0 nitrogen and oxygen atoms in total. The zero-order valence-corrected chi connectivity index (χ0v) is 9.99. The van der Waals surface area contributed by atoms with Crippen LogP contribution >= 0.6 is 15.9 Å². The molecule has 2 atom stereocenters. The standard InChI is InChI=1S/C11H21Br/c1-3-4-5-6-7-11(2)8-10(11)9-12/h10H,3-9H2,1-2H3. The summed E-state index contributed by atoms with van der Waals surface area (Å²) in [5.41, 5.74) is 0.719. The lowest BCUT2D eigenvalue weighted by Gasteiger charge is -2.09. The molecule has 2 unspecified atom stereocenters. The molecule has 0 saturated heterocycles. The van der Waals surface area contributed by atoms with Crippen molar-refractivity contribution < 1.29 is 0 Å². The first kappa shape index (κ1) is 10.6. The van der Waals surface area contributed by atoms with Gasteiger partial charge in [0.25, 0.3) is 0 Å². The van der Waals surface area contributed by atoms with E-state index < -0.39 is 0 Å². The van der Waals surface area contributed by atoms with Crippen molar-refractivity contribution in [2.75, 3.05) is 5.33 Å². The van der Waals surface area contributed by atoms with Crippen molar-refractivity contribution in [1.82, 2.24) is 0 Å². The molecule has 1 aliphatic rings. The number of rotatable bonds is 6. The lowest BCUT2D eigenvalue weighted by molar-refractivity contribution is 0.444. The summed E-state index contributed by atoms with van der Waals surface area (Å²) in [5.74, 6) is 0.985. The highest BCUT2D eigenvalue weighted by Gasteiger charge is 2.47. The molecule has 0 aromatic carbocycles. The van der Waals surface area contributed by atoms with Crippen LogP contribution in [0.5, 0.6) is 0 Å². The lowest BCUT2D eigenvalue weighted by Crippen LogP contribution is -1.98. The van der Waals surface area contributed by atoms with Crippen LogP contribution in [-0.2, 0) is 0 Å². The van der Waals surface area contributed by atoms with Crippen molar-refractivity contribution in [3.05, 3.63) is 0 Å². The van der Waals surface area contributed by atoms with Crippen LogP contribution in [0.2, 0.25) is 0 Å². The zero-order chi connectivity index (χ0) is 9.03. The molecule has 0 heterocycles. The average molecular weight is 233 g/mol. The Morgan fingerprint density at radius 3 is 2.58 bits per heavy atom. The normalized spacial score (nSPS) is 33.8. The maximum atomic E-state index is 3.57. The summed E-state index contributed by atoms with van der Waals surface area (Å²) < 4.78 is 0. The molecule has 0 aromatic rings. The second-order valence-corrected chi connectivity index (χ2v) is 5.17. The first-order chi connectivity index (χ1) is 5.73. The third-order valence-electron chi connectivity index (χ3n) is 3.33. The first-order valence-electron chi connectivity index (χ1n) is 5.29. The molecule has 1 heteroatoms. The van der Waals surface area contributed by atoms with Gasteiger partial charge in [0.05, 0.1) is 0 Å². The van der Waals surface area contributed by atoms with Gasteiger partial charge in [0, 0.05) is 5.33 Å². The van der Waals surface area contributed by atoms with Crippen molar-refractivity contribution in [3.63, 3.8) is 0 Å². The van der Waals surface area contributed by atoms with Gasteiger partial charge >= 0.3 is 0 Å². The molecule has 1 rings (SSSR count). The Kier molecular flexibility index (Phi) is 4.09. The van der Waals surface area contributed by atoms with Crippen LogP contribution in [0.3, 0.4) is 0 Å². The molecule has 1 saturated carbocycles. The summed E-state index contributed by atoms with van der Waals surface area (Å²) in [6.07, 6.45) is 8.61. The third kappa shape index (κ3) is 2.76. The number of hydrogen-bond acceptors (Lipinski definition) is 0. The molecule has 0 aromatic heterocycles. The largest absolute Gasteiger partial charge is 0.0925 e. The smallest absolute Gasteiger partial charge is 0.00650 e. The van der Waals surface area contributed by atoms with E-state index in [9.17, 15) is 0 Å². The quantitative estimate of drug-likeness (QED) is 0.471. The summed E-state index contributed by atoms with van der Waals surface area (Å²) in [7, 11) is 0. The van der Waals surface area contributed by atoms with E-state index in [1.165, 1.54) is 43.9 Å². The van der Waals surface area contributed by atoms with Gasteiger partial charge in [-0.1, -0.05) is 55.5 Å². The summed E-state index contributed by atoms with van der Waals surface area (Å²) in [4.78, 5) is 0. The highest BCUT2D eigenvalue weighted by molar-refractivity contribution is 9.09. The average Bonchev–Trinajstić information content (AvgIpc) is 2.72. The number of unbranched alkanes of at least 4 members (excludes halogenated alkanes) is 3. The van der Waals surface area contributed by atoms with Crippen molar-refractivity contribution >= 4 is 15.9 Å². The minimum absolute atomic E-state index is 0.719. The highest BCUT2D eigenvalue weighted by Crippen LogP contribution is 2.56. The number of hydrogen-bond donors (Lipinski definition) is 0. The van der Waals surface area contributed by atoms with Gasteiger partial charge in [-0.2, -0.15) is 0 Å². The Morgan fingerprint density at radius 1 is 1.33 bits per heavy atom. The van der Waals surface area contributed by atoms with E-state index in [1.807, 2.05) is 0 Å². The van der Waals surface area contributed by atoms with Gasteiger partial charge in [0.2, 0.25) is 0 Å². The summed E-state index contributed by atoms with van der Waals surface area (Å²) >= 11 is 3.57. The van der Waals surface area contributed by atoms with Crippen molar-refractivity contribution in [1.29, 1.82) is 0 Å². The molecule has 0 spiro atoms. The van der Waals surface area contributed by atoms with Crippen LogP contribution < -0.4 is 0 Å². The molecule has 0 bridgehead atoms. The van der Waals surface area contributed by atoms with Crippen LogP contribution in [0.1, 0.15) is 52.4 Å². The fourth-order valence-electron chi connectivity index (χ4n) is 2.01. The first-order valence-corrected chi connectivity index (χ1v) is 6.41. The van der Waals surface area contributed by atoms with Crippen LogP contribution in [0.4, 0.5) is 0 Å². The monoisotopic (exact) mass is 232 g/mol. The van der Waals surface area contributed by atoms with Crippen molar-refractivity contribution in [2.45, 2.75) is 52.4 Å². The fourth-order valence-corrected chi connectivity index (χ4v) is 3.02. The highest BCUT2D eigenvalue weighted by atomic mass is 79.9. The van der Waals surface area contributed by atoms with Gasteiger partial charge in [0.15, 0.2) is 0 Å². The molecular weight excluding hydrogens is 212 g/mol. The maximum Gasteiger partial charge on any atom is 0.00650 e. The third-order valence-corrected chi connectivity index (χ3v) is 4.11. The minimum Gasteiger partial charge on any atom is -0.0925 e. The summed E-state index contributed by atoms with van der Waals surface area (Å²) in [6.45, 7) is 4.73. The Labute approximate surface area is 85.3 Å². The fraction of sp³-hybridized carbons (Fsp3) is 1.00. The van der Waals surface area contributed by atoms with E-state index in [0.717, 1.165) is 11.3 Å². The van der Waals surface area contributed by atoms with Crippen LogP contribution in [-0.4, -0.2) is 5.33 Å². The Bertz CT molecular complexity index is 133. The maximum absolute atomic E-state index is 3.57. The summed E-state index contributed by atoms with van der Waals surface area (Å²) in [6, 6.07) is 0. The Balaban J connectivity index is 2.01. The number of halogens is 1. The zero-order valence-electron chi connectivity index (χ0n) is 8.41. The van der Waals surface area contributed by atoms with E-state index in [-0.39, 0.29) is 0 Å². The molecule has 12 heavy (non-hydrogen) atoms. The van der Waals surface area contributed by atoms with Crippen molar-refractivity contribution in [3.8, 4) is 0 Å². The van der Waals surface area contributed by atoms with E-state index in [4.69, 9.17) is 0 Å². The van der Waals surface area contributed by atoms with Gasteiger partial charge in [-0.3, -0.25) is 0 Å². The molecule has 0 aliphatic heterocycles. The second kappa shape index (κ2) is 4.64. The van der Waals surface area contributed by atoms with Gasteiger partial charge in [-0.25, -0.2) is 0 Å². The Hall–Kier alpha value is 0.480. The molecule has 72 valence electrons. The molecule has 0 N–H and O–H groups in total. The van der Waals surface area contributed by atoms with Crippen LogP contribution in [0, 0.1) is 11.3 Å². The molecule has 1 aliphatic carbocycles. The van der Waals surface area contributed by atoms with Gasteiger partial charge in [-0.15, -0.1) is 0 Å². The van der Waals surface area contributed by atoms with Gasteiger partial charge < -0.3 is 0 Å².